The van der Waals surface area contributed by atoms with Crippen molar-refractivity contribution < 1.29 is 9.53 Å². The first-order valence-electron chi connectivity index (χ1n) is 4.81. The second-order valence-corrected chi connectivity index (χ2v) is 3.33. The quantitative estimate of drug-likeness (QED) is 0.617. The summed E-state index contributed by atoms with van der Waals surface area (Å²) in [6.45, 7) is 7.91. The zero-order valence-corrected chi connectivity index (χ0v) is 8.16. The fraction of sp³-hybridized carbons (Fsp3) is 0.700. The fourth-order valence-electron chi connectivity index (χ4n) is 1.47. The predicted molar refractivity (Wildman–Crippen MR) is 51.1 cm³/mol. The van der Waals surface area contributed by atoms with Crippen LogP contribution in [0.1, 0.15) is 19.8 Å². The van der Waals surface area contributed by atoms with Crippen LogP contribution >= 0.6 is 0 Å². The number of hydrogen-bond donors (Lipinski definition) is 0. The molecule has 0 aliphatic carbocycles. The van der Waals surface area contributed by atoms with Gasteiger partial charge in [-0.05, 0) is 19.0 Å². The first-order chi connectivity index (χ1) is 6.27. The molecule has 1 atom stereocenters. The molecule has 0 N–H and O–H groups in total. The third kappa shape index (κ3) is 2.76. The van der Waals surface area contributed by atoms with Gasteiger partial charge in [-0.3, -0.25) is 4.79 Å². The van der Waals surface area contributed by atoms with Crippen molar-refractivity contribution in [3.05, 3.63) is 12.8 Å². The Morgan fingerprint density at radius 3 is 3.08 bits per heavy atom. The first-order valence-corrected chi connectivity index (χ1v) is 4.81. The highest BCUT2D eigenvalue weighted by Crippen LogP contribution is 2.17. The van der Waals surface area contributed by atoms with Gasteiger partial charge in [-0.25, -0.2) is 0 Å². The molecule has 1 aliphatic heterocycles. The first kappa shape index (κ1) is 10.1. The second kappa shape index (κ2) is 4.90. The van der Waals surface area contributed by atoms with Crippen molar-refractivity contribution >= 4 is 5.97 Å². The molecule has 0 bridgehead atoms. The lowest BCUT2D eigenvalue weighted by atomic mass is 10.1. The second-order valence-electron chi connectivity index (χ2n) is 3.33. The summed E-state index contributed by atoms with van der Waals surface area (Å²) < 4.78 is 5.07. The lowest BCUT2D eigenvalue weighted by molar-refractivity contribution is -0.148. The summed E-state index contributed by atoms with van der Waals surface area (Å²) in [4.78, 5) is 13.4. The molecular weight excluding hydrogens is 166 g/mol. The van der Waals surface area contributed by atoms with Gasteiger partial charge in [0.1, 0.15) is 0 Å². The number of ether oxygens (including phenoxy) is 1. The van der Waals surface area contributed by atoms with E-state index in [0.29, 0.717) is 6.61 Å². The van der Waals surface area contributed by atoms with Gasteiger partial charge in [0.25, 0.3) is 0 Å². The highest BCUT2D eigenvalue weighted by molar-refractivity contribution is 5.73. The molecule has 0 aromatic heterocycles. The molecule has 1 unspecified atom stereocenters. The Labute approximate surface area is 79.4 Å². The van der Waals surface area contributed by atoms with Crippen LogP contribution < -0.4 is 0 Å². The van der Waals surface area contributed by atoms with Crippen LogP contribution in [0.3, 0.4) is 0 Å². The molecule has 0 aromatic rings. The van der Waals surface area contributed by atoms with Gasteiger partial charge in [0.05, 0.1) is 12.5 Å². The maximum atomic E-state index is 11.4. The van der Waals surface area contributed by atoms with Crippen molar-refractivity contribution in [2.75, 3.05) is 19.7 Å². The van der Waals surface area contributed by atoms with Gasteiger partial charge in [0.15, 0.2) is 0 Å². The van der Waals surface area contributed by atoms with Crippen molar-refractivity contribution in [3.8, 4) is 0 Å². The van der Waals surface area contributed by atoms with E-state index in [1.165, 1.54) is 0 Å². The van der Waals surface area contributed by atoms with Gasteiger partial charge in [0, 0.05) is 13.1 Å². The summed E-state index contributed by atoms with van der Waals surface area (Å²) in [5.41, 5.74) is 0. The van der Waals surface area contributed by atoms with Gasteiger partial charge in [-0.1, -0.05) is 13.5 Å². The molecule has 0 spiro atoms. The molecule has 1 saturated heterocycles. The van der Waals surface area contributed by atoms with Gasteiger partial charge in [-0.15, -0.1) is 0 Å². The Morgan fingerprint density at radius 2 is 2.54 bits per heavy atom. The topological polar surface area (TPSA) is 29.5 Å². The molecule has 1 heterocycles. The minimum absolute atomic E-state index is 0.0498. The van der Waals surface area contributed by atoms with E-state index in [9.17, 15) is 4.79 Å². The van der Waals surface area contributed by atoms with E-state index in [0.717, 1.165) is 25.9 Å². The Balaban J connectivity index is 2.28. The molecule has 0 aromatic carbocycles. The minimum Gasteiger partial charge on any atom is -0.465 e. The van der Waals surface area contributed by atoms with Crippen molar-refractivity contribution in [2.45, 2.75) is 19.8 Å². The molecule has 1 aliphatic rings. The van der Waals surface area contributed by atoms with E-state index >= 15 is 0 Å². The standard InChI is InChI=1S/C10H17NO2/c1-3-7-13-10(12)9-5-6-11(4-2)8-9/h4,9H,2-3,5-8H2,1H3. The third-order valence-electron chi connectivity index (χ3n) is 2.26. The summed E-state index contributed by atoms with van der Waals surface area (Å²) in [5, 5.41) is 0. The van der Waals surface area contributed by atoms with Crippen molar-refractivity contribution in [3.63, 3.8) is 0 Å². The smallest absolute Gasteiger partial charge is 0.310 e. The van der Waals surface area contributed by atoms with Crippen LogP contribution in [0, 0.1) is 5.92 Å². The summed E-state index contributed by atoms with van der Waals surface area (Å²) in [6, 6.07) is 0. The number of carbonyl (C=O) groups is 1. The van der Waals surface area contributed by atoms with Crippen molar-refractivity contribution in [1.82, 2.24) is 4.90 Å². The fourth-order valence-corrected chi connectivity index (χ4v) is 1.47. The maximum absolute atomic E-state index is 11.4. The van der Waals surface area contributed by atoms with Crippen LogP contribution in [0.5, 0.6) is 0 Å². The highest BCUT2D eigenvalue weighted by Gasteiger charge is 2.27. The molecule has 3 nitrogen and oxygen atoms in total. The van der Waals surface area contributed by atoms with Crippen LogP contribution in [0.15, 0.2) is 12.8 Å². The van der Waals surface area contributed by atoms with Crippen LogP contribution in [0.25, 0.3) is 0 Å². The zero-order valence-electron chi connectivity index (χ0n) is 8.16. The van der Waals surface area contributed by atoms with E-state index in [-0.39, 0.29) is 11.9 Å². The predicted octanol–water partition coefficient (Wildman–Crippen LogP) is 1.41. The van der Waals surface area contributed by atoms with Crippen molar-refractivity contribution in [1.29, 1.82) is 0 Å². The van der Waals surface area contributed by atoms with Gasteiger partial charge in [-0.2, -0.15) is 0 Å². The van der Waals surface area contributed by atoms with Crippen molar-refractivity contribution in [2.24, 2.45) is 5.92 Å². The third-order valence-corrected chi connectivity index (χ3v) is 2.26. The molecule has 1 fully saturated rings. The normalized spacial score (nSPS) is 21.6. The van der Waals surface area contributed by atoms with E-state index in [1.807, 2.05) is 6.92 Å². The molecule has 0 radical (unpaired) electrons. The maximum Gasteiger partial charge on any atom is 0.310 e. The lowest BCUT2D eigenvalue weighted by Crippen LogP contribution is -2.21. The highest BCUT2D eigenvalue weighted by atomic mass is 16.5. The number of carbonyl (C=O) groups excluding carboxylic acids is 1. The SMILES string of the molecule is C=CN1CCC(C(=O)OCCC)C1. The Hall–Kier alpha value is -0.990. The number of rotatable bonds is 4. The van der Waals surface area contributed by atoms with E-state index in [2.05, 4.69) is 11.5 Å². The Morgan fingerprint density at radius 1 is 1.77 bits per heavy atom. The summed E-state index contributed by atoms with van der Waals surface area (Å²) in [5.74, 6) is 0.00995. The van der Waals surface area contributed by atoms with Crippen LogP contribution in [0.2, 0.25) is 0 Å². The average Bonchev–Trinajstić information content (AvgIpc) is 2.62. The molecule has 1 rings (SSSR count). The summed E-state index contributed by atoms with van der Waals surface area (Å²) in [7, 11) is 0. The Bertz CT molecular complexity index is 191. The molecule has 0 amide bonds. The number of likely N-dealkylation sites (tertiary alicyclic amines) is 1. The van der Waals surface area contributed by atoms with E-state index in [1.54, 1.807) is 6.20 Å². The number of nitrogens with zero attached hydrogens (tertiary/aromatic N) is 1. The molecule has 13 heavy (non-hydrogen) atoms. The zero-order chi connectivity index (χ0) is 9.68. The van der Waals surface area contributed by atoms with Gasteiger partial charge < -0.3 is 9.64 Å². The average molecular weight is 183 g/mol. The molecule has 0 saturated carbocycles. The van der Waals surface area contributed by atoms with Crippen LogP contribution in [-0.2, 0) is 9.53 Å². The Kier molecular flexibility index (Phi) is 3.80. The number of esters is 1. The van der Waals surface area contributed by atoms with Gasteiger partial charge >= 0.3 is 5.97 Å². The minimum atomic E-state index is -0.0498. The van der Waals surface area contributed by atoms with Crippen LogP contribution in [-0.4, -0.2) is 30.6 Å². The monoisotopic (exact) mass is 183 g/mol. The van der Waals surface area contributed by atoms with E-state index in [4.69, 9.17) is 4.74 Å². The summed E-state index contributed by atoms with van der Waals surface area (Å²) in [6.07, 6.45) is 3.57. The van der Waals surface area contributed by atoms with E-state index < -0.39 is 0 Å². The lowest BCUT2D eigenvalue weighted by Gasteiger charge is -2.11. The number of hydrogen-bond acceptors (Lipinski definition) is 3. The molecular formula is C10H17NO2. The van der Waals surface area contributed by atoms with Gasteiger partial charge in [0.2, 0.25) is 0 Å². The molecule has 3 heteroatoms. The summed E-state index contributed by atoms with van der Waals surface area (Å²) >= 11 is 0. The largest absolute Gasteiger partial charge is 0.465 e. The van der Waals surface area contributed by atoms with Crippen LogP contribution in [0.4, 0.5) is 0 Å². The molecule has 74 valence electrons.